The summed E-state index contributed by atoms with van der Waals surface area (Å²) in [6.07, 6.45) is 10.8. The van der Waals surface area contributed by atoms with Gasteiger partial charge < -0.3 is 10.5 Å². The highest BCUT2D eigenvalue weighted by atomic mass is 16.5. The Morgan fingerprint density at radius 3 is 2.45 bits per heavy atom. The Morgan fingerprint density at radius 2 is 1.80 bits per heavy atom. The second-order valence-electron chi connectivity index (χ2n) is 5.93. The first-order valence-electron chi connectivity index (χ1n) is 7.63. The molecular weight excluding hydrogens is 252 g/mol. The van der Waals surface area contributed by atoms with Gasteiger partial charge in [-0.3, -0.25) is 9.88 Å². The van der Waals surface area contributed by atoms with Gasteiger partial charge in [-0.2, -0.15) is 0 Å². The fourth-order valence-corrected chi connectivity index (χ4v) is 3.93. The maximum Gasteiger partial charge on any atom is 0.237 e. The second kappa shape index (κ2) is 5.66. The van der Waals surface area contributed by atoms with E-state index in [0.717, 1.165) is 31.6 Å². The first kappa shape index (κ1) is 13.8. The molecule has 0 radical (unpaired) electrons. The third-order valence-corrected chi connectivity index (χ3v) is 4.96. The quantitative estimate of drug-likeness (QED) is 0.910. The predicted molar refractivity (Wildman–Crippen MR) is 77.5 cm³/mol. The van der Waals surface area contributed by atoms with Crippen molar-refractivity contribution < 1.29 is 4.74 Å². The summed E-state index contributed by atoms with van der Waals surface area (Å²) in [5.74, 6) is 0.575. The van der Waals surface area contributed by atoms with Gasteiger partial charge in [-0.1, -0.05) is 12.8 Å². The maximum absolute atomic E-state index is 6.67. The molecule has 2 fully saturated rings. The van der Waals surface area contributed by atoms with Crippen LogP contribution in [0, 0.1) is 0 Å². The van der Waals surface area contributed by atoms with E-state index in [0.29, 0.717) is 5.88 Å². The molecule has 5 heteroatoms. The Labute approximate surface area is 120 Å². The molecular formula is C15H24N4O. The van der Waals surface area contributed by atoms with E-state index < -0.39 is 0 Å². The molecule has 0 spiro atoms. The minimum absolute atomic E-state index is 0.0554. The van der Waals surface area contributed by atoms with Crippen LogP contribution < -0.4 is 10.5 Å². The summed E-state index contributed by atoms with van der Waals surface area (Å²) in [4.78, 5) is 11.3. The van der Waals surface area contributed by atoms with Crippen LogP contribution >= 0.6 is 0 Å². The van der Waals surface area contributed by atoms with Gasteiger partial charge >= 0.3 is 0 Å². The van der Waals surface area contributed by atoms with Crippen LogP contribution in [0.15, 0.2) is 12.4 Å². The van der Waals surface area contributed by atoms with Crippen molar-refractivity contribution in [2.75, 3.05) is 20.2 Å². The maximum atomic E-state index is 6.67. The summed E-state index contributed by atoms with van der Waals surface area (Å²) < 4.78 is 5.36. The lowest BCUT2D eigenvalue weighted by molar-refractivity contribution is 0.0892. The number of rotatable bonds is 4. The van der Waals surface area contributed by atoms with Crippen molar-refractivity contribution in [2.24, 2.45) is 5.73 Å². The van der Waals surface area contributed by atoms with Gasteiger partial charge in [-0.05, 0) is 38.8 Å². The van der Waals surface area contributed by atoms with E-state index in [1.165, 1.54) is 25.7 Å². The summed E-state index contributed by atoms with van der Waals surface area (Å²) in [5, 5.41) is 0. The van der Waals surface area contributed by atoms with Crippen molar-refractivity contribution in [3.63, 3.8) is 0 Å². The summed E-state index contributed by atoms with van der Waals surface area (Å²) in [6, 6.07) is -0.119. The average Bonchev–Trinajstić information content (AvgIpc) is 3.17. The van der Waals surface area contributed by atoms with Crippen LogP contribution in [0.2, 0.25) is 0 Å². The van der Waals surface area contributed by atoms with E-state index in [1.54, 1.807) is 19.5 Å². The van der Waals surface area contributed by atoms with Crippen molar-refractivity contribution in [1.29, 1.82) is 0 Å². The Bertz CT molecular complexity index is 453. The normalized spacial score (nSPS) is 23.9. The number of ether oxygens (including phenoxy) is 1. The third-order valence-electron chi connectivity index (χ3n) is 4.96. The minimum Gasteiger partial charge on any atom is -0.480 e. The van der Waals surface area contributed by atoms with E-state index in [1.807, 2.05) is 0 Å². The van der Waals surface area contributed by atoms with E-state index in [9.17, 15) is 0 Å². The van der Waals surface area contributed by atoms with Crippen LogP contribution in [0.25, 0.3) is 0 Å². The molecule has 110 valence electrons. The van der Waals surface area contributed by atoms with Gasteiger partial charge in [0.2, 0.25) is 5.88 Å². The molecule has 0 bridgehead atoms. The first-order valence-corrected chi connectivity index (χ1v) is 7.63. The van der Waals surface area contributed by atoms with Gasteiger partial charge in [0.05, 0.1) is 13.2 Å². The van der Waals surface area contributed by atoms with Gasteiger partial charge in [0.25, 0.3) is 0 Å². The number of nitrogens with zero attached hydrogens (tertiary/aromatic N) is 3. The summed E-state index contributed by atoms with van der Waals surface area (Å²) in [5.41, 5.74) is 7.53. The standard InChI is InChI=1S/C15H24N4O/c1-20-14-12(17-8-9-18-14)13(16)15(6-2-3-7-15)19-10-4-5-11-19/h8-9,13H,2-7,10-11,16H2,1H3. The number of hydrogen-bond donors (Lipinski definition) is 1. The zero-order chi connectivity index (χ0) is 14.0. The lowest BCUT2D eigenvalue weighted by Gasteiger charge is -2.43. The summed E-state index contributed by atoms with van der Waals surface area (Å²) in [7, 11) is 1.64. The molecule has 20 heavy (non-hydrogen) atoms. The van der Waals surface area contributed by atoms with Crippen molar-refractivity contribution in [1.82, 2.24) is 14.9 Å². The lowest BCUT2D eigenvalue weighted by atomic mass is 9.84. The molecule has 1 unspecified atom stereocenters. The average molecular weight is 276 g/mol. The monoisotopic (exact) mass is 276 g/mol. The number of methoxy groups -OCH3 is 1. The predicted octanol–water partition coefficient (Wildman–Crippen LogP) is 1.89. The third kappa shape index (κ3) is 2.19. The van der Waals surface area contributed by atoms with Crippen LogP contribution in [-0.2, 0) is 0 Å². The van der Waals surface area contributed by atoms with Crippen LogP contribution in [0.3, 0.4) is 0 Å². The number of hydrogen-bond acceptors (Lipinski definition) is 5. The van der Waals surface area contributed by atoms with Gasteiger partial charge in [-0.25, -0.2) is 4.98 Å². The first-order chi connectivity index (χ1) is 9.78. The minimum atomic E-state index is -0.119. The Hall–Kier alpha value is -1.20. The summed E-state index contributed by atoms with van der Waals surface area (Å²) >= 11 is 0. The second-order valence-corrected chi connectivity index (χ2v) is 5.93. The molecule has 2 heterocycles. The molecule has 1 aliphatic heterocycles. The molecule has 1 aromatic rings. The number of likely N-dealkylation sites (tertiary alicyclic amines) is 1. The van der Waals surface area contributed by atoms with Crippen molar-refractivity contribution >= 4 is 0 Å². The van der Waals surface area contributed by atoms with Crippen molar-refractivity contribution in [2.45, 2.75) is 50.1 Å². The van der Waals surface area contributed by atoms with E-state index in [4.69, 9.17) is 10.5 Å². The lowest BCUT2D eigenvalue weighted by Crippen LogP contribution is -2.52. The smallest absolute Gasteiger partial charge is 0.237 e. The molecule has 3 rings (SSSR count). The van der Waals surface area contributed by atoms with E-state index in [2.05, 4.69) is 14.9 Å². The number of nitrogens with two attached hydrogens (primary N) is 1. The highest BCUT2D eigenvalue weighted by molar-refractivity contribution is 5.26. The summed E-state index contributed by atoms with van der Waals surface area (Å²) in [6.45, 7) is 2.33. The van der Waals surface area contributed by atoms with E-state index >= 15 is 0 Å². The molecule has 2 N–H and O–H groups in total. The molecule has 1 aromatic heterocycles. The fourth-order valence-electron chi connectivity index (χ4n) is 3.93. The van der Waals surface area contributed by atoms with Crippen LogP contribution in [0.4, 0.5) is 0 Å². The van der Waals surface area contributed by atoms with Crippen molar-refractivity contribution in [3.05, 3.63) is 18.1 Å². The Balaban J connectivity index is 1.94. The van der Waals surface area contributed by atoms with Crippen LogP contribution in [0.5, 0.6) is 5.88 Å². The molecule has 1 saturated carbocycles. The molecule has 1 saturated heterocycles. The van der Waals surface area contributed by atoms with E-state index in [-0.39, 0.29) is 11.6 Å². The van der Waals surface area contributed by atoms with Crippen LogP contribution in [0.1, 0.15) is 50.3 Å². The molecule has 2 aliphatic rings. The van der Waals surface area contributed by atoms with Crippen molar-refractivity contribution in [3.8, 4) is 5.88 Å². The Morgan fingerprint density at radius 1 is 1.15 bits per heavy atom. The van der Waals surface area contributed by atoms with Gasteiger partial charge in [0, 0.05) is 17.9 Å². The van der Waals surface area contributed by atoms with Gasteiger partial charge in [0.1, 0.15) is 5.69 Å². The zero-order valence-corrected chi connectivity index (χ0v) is 12.2. The highest BCUT2D eigenvalue weighted by Crippen LogP contribution is 2.45. The zero-order valence-electron chi connectivity index (χ0n) is 12.2. The molecule has 1 atom stereocenters. The molecule has 0 amide bonds. The highest BCUT2D eigenvalue weighted by Gasteiger charge is 2.47. The topological polar surface area (TPSA) is 64.3 Å². The number of aromatic nitrogens is 2. The SMILES string of the molecule is COc1nccnc1C(N)C1(N2CCCC2)CCCC1. The largest absolute Gasteiger partial charge is 0.480 e. The fraction of sp³-hybridized carbons (Fsp3) is 0.733. The molecule has 5 nitrogen and oxygen atoms in total. The van der Waals surface area contributed by atoms with Crippen LogP contribution in [-0.4, -0.2) is 40.6 Å². The Kier molecular flexibility index (Phi) is 3.89. The molecule has 1 aliphatic carbocycles. The molecule has 0 aromatic carbocycles. The van der Waals surface area contributed by atoms with Gasteiger partial charge in [-0.15, -0.1) is 0 Å². The van der Waals surface area contributed by atoms with Gasteiger partial charge in [0.15, 0.2) is 0 Å².